The van der Waals surface area contributed by atoms with E-state index in [-0.39, 0.29) is 48.3 Å². The molecule has 3 N–H and O–H groups in total. The third kappa shape index (κ3) is 4.96. The molecule has 1 spiro atoms. The zero-order valence-corrected chi connectivity index (χ0v) is 24.3. The third-order valence-electron chi connectivity index (χ3n) is 8.81. The van der Waals surface area contributed by atoms with E-state index >= 15 is 0 Å². The number of Topliss-reactive ketones (excluding diaryl/α,β-unsaturated/α-hetero) is 1. The van der Waals surface area contributed by atoms with Crippen molar-refractivity contribution >= 4 is 46.0 Å². The van der Waals surface area contributed by atoms with Crippen molar-refractivity contribution in [3.05, 3.63) is 65.6 Å². The molecule has 1 saturated carbocycles. The van der Waals surface area contributed by atoms with Crippen LogP contribution in [0.5, 0.6) is 0 Å². The van der Waals surface area contributed by atoms with E-state index < -0.39 is 46.8 Å². The van der Waals surface area contributed by atoms with Gasteiger partial charge in [-0.2, -0.15) is 0 Å². The Morgan fingerprint density at radius 1 is 1.12 bits per heavy atom. The fourth-order valence-electron chi connectivity index (χ4n) is 6.37. The first kappa shape index (κ1) is 28.6. The molecule has 0 radical (unpaired) electrons. The van der Waals surface area contributed by atoms with Gasteiger partial charge in [-0.05, 0) is 61.4 Å². The molecule has 10 nitrogen and oxygen atoms in total. The summed E-state index contributed by atoms with van der Waals surface area (Å²) < 4.78 is 14.4. The van der Waals surface area contributed by atoms with Gasteiger partial charge in [-0.15, -0.1) is 0 Å². The molecule has 3 aliphatic rings. The minimum Gasteiger partial charge on any atom is -0.350 e. The fourth-order valence-corrected chi connectivity index (χ4v) is 6.37. The number of fused-ring (bicyclic) bond motifs is 3. The van der Waals surface area contributed by atoms with Gasteiger partial charge in [0.05, 0.1) is 5.41 Å². The lowest BCUT2D eigenvalue weighted by Crippen LogP contribution is -2.54. The molecule has 224 valence electrons. The molecule has 1 aliphatic carbocycles. The molecule has 2 aliphatic heterocycles. The van der Waals surface area contributed by atoms with Gasteiger partial charge in [0.25, 0.3) is 11.8 Å². The highest BCUT2D eigenvalue weighted by molar-refractivity contribution is 6.39. The molecular weight excluding hydrogens is 553 g/mol. The highest BCUT2D eigenvalue weighted by Crippen LogP contribution is 2.47. The number of rotatable bonds is 8. The van der Waals surface area contributed by atoms with E-state index in [1.807, 2.05) is 13.8 Å². The van der Waals surface area contributed by atoms with Gasteiger partial charge in [0.1, 0.15) is 23.6 Å². The van der Waals surface area contributed by atoms with E-state index in [2.05, 4.69) is 15.6 Å². The number of ketones is 1. The second kappa shape index (κ2) is 10.6. The number of aromatic amines is 1. The lowest BCUT2D eigenvalue weighted by molar-refractivity contribution is -0.146. The number of likely N-dealkylation sites (N-methyl/N-ethyl adjacent to an activating group) is 1. The molecule has 0 bridgehead atoms. The first-order valence-corrected chi connectivity index (χ1v) is 14.6. The van der Waals surface area contributed by atoms with Crippen LogP contribution in [0.15, 0.2) is 48.5 Å². The zero-order valence-electron chi connectivity index (χ0n) is 24.3. The molecular formula is C32H34FN5O5. The topological polar surface area (TPSA) is 132 Å². The van der Waals surface area contributed by atoms with Crippen LogP contribution in [-0.2, 0) is 24.6 Å². The van der Waals surface area contributed by atoms with Crippen LogP contribution >= 0.6 is 0 Å². The summed E-state index contributed by atoms with van der Waals surface area (Å²) in [7, 11) is 1.50. The van der Waals surface area contributed by atoms with E-state index in [9.17, 15) is 28.4 Å². The molecule has 1 aromatic heterocycles. The SMILES string of the molecule is CC(C)C[C@@H](C(=O)N1C[C@]2(C[C@H]1C(=O)C(=O)NC1CC1)C(=O)Nc1ccccc12)N(C)C(=O)c1cc2c(F)cccc2[nH]1. The van der Waals surface area contributed by atoms with Crippen molar-refractivity contribution in [2.45, 2.75) is 63.1 Å². The van der Waals surface area contributed by atoms with Crippen molar-refractivity contribution in [3.63, 3.8) is 0 Å². The highest BCUT2D eigenvalue weighted by atomic mass is 19.1. The highest BCUT2D eigenvalue weighted by Gasteiger charge is 2.59. The van der Waals surface area contributed by atoms with Gasteiger partial charge in [0, 0.05) is 36.2 Å². The minimum absolute atomic E-state index is 0.0243. The Morgan fingerprint density at radius 3 is 2.56 bits per heavy atom. The summed E-state index contributed by atoms with van der Waals surface area (Å²) in [5, 5.41) is 5.84. The number of likely N-dealkylation sites (tertiary alicyclic amines) is 1. The number of nitrogens with one attached hydrogen (secondary N) is 3. The van der Waals surface area contributed by atoms with E-state index in [1.54, 1.807) is 30.3 Å². The van der Waals surface area contributed by atoms with Crippen LogP contribution in [0.1, 0.15) is 55.6 Å². The van der Waals surface area contributed by atoms with Crippen molar-refractivity contribution in [3.8, 4) is 0 Å². The van der Waals surface area contributed by atoms with Crippen molar-refractivity contribution in [2.24, 2.45) is 5.92 Å². The minimum atomic E-state index is -1.22. The Morgan fingerprint density at radius 2 is 1.86 bits per heavy atom. The first-order valence-electron chi connectivity index (χ1n) is 14.6. The first-order chi connectivity index (χ1) is 20.5. The number of para-hydroxylation sites is 1. The van der Waals surface area contributed by atoms with E-state index in [0.29, 0.717) is 16.8 Å². The molecule has 4 amide bonds. The molecule has 3 atom stereocenters. The largest absolute Gasteiger partial charge is 0.350 e. The molecule has 6 rings (SSSR count). The second-order valence-electron chi connectivity index (χ2n) is 12.3. The number of carbonyl (C=O) groups is 5. The summed E-state index contributed by atoms with van der Waals surface area (Å²) in [6.45, 7) is 3.71. The molecule has 2 aromatic carbocycles. The fraction of sp³-hybridized carbons (Fsp3) is 0.406. The van der Waals surface area contributed by atoms with Gasteiger partial charge in [-0.1, -0.05) is 38.1 Å². The Balaban J connectivity index is 1.35. The van der Waals surface area contributed by atoms with Gasteiger partial charge < -0.3 is 25.4 Å². The van der Waals surface area contributed by atoms with Gasteiger partial charge in [0.15, 0.2) is 0 Å². The van der Waals surface area contributed by atoms with Crippen molar-refractivity contribution in [1.82, 2.24) is 20.1 Å². The number of anilines is 1. The molecule has 2 fully saturated rings. The normalized spacial score (nSPS) is 21.7. The van der Waals surface area contributed by atoms with E-state index in [4.69, 9.17) is 0 Å². The average Bonchev–Trinajstić information content (AvgIpc) is 3.43. The quantitative estimate of drug-likeness (QED) is 0.349. The van der Waals surface area contributed by atoms with Crippen molar-refractivity contribution < 1.29 is 28.4 Å². The molecule has 3 aromatic rings. The number of benzene rings is 2. The second-order valence-corrected chi connectivity index (χ2v) is 12.3. The summed E-state index contributed by atoms with van der Waals surface area (Å²) in [6, 6.07) is 10.8. The van der Waals surface area contributed by atoms with Crippen LogP contribution in [0.3, 0.4) is 0 Å². The lowest BCUT2D eigenvalue weighted by atomic mass is 9.79. The molecule has 43 heavy (non-hydrogen) atoms. The van der Waals surface area contributed by atoms with Gasteiger partial charge >= 0.3 is 0 Å². The van der Waals surface area contributed by atoms with Crippen LogP contribution < -0.4 is 10.6 Å². The third-order valence-corrected chi connectivity index (χ3v) is 8.81. The standard InChI is InChI=1S/C32H34FN5O5/c1-17(2)13-25(37(3)29(41)24-14-19-21(33)8-6-10-22(19)35-24)30(42)38-16-32(20-7-4-5-9-23(20)36-31(32)43)15-26(38)27(39)28(40)34-18-11-12-18/h4-10,14,17-18,25-26,35H,11-13,15-16H2,1-3H3,(H,34,40)(H,36,43)/t25-,26-,32-/m0/s1. The predicted octanol–water partition coefficient (Wildman–Crippen LogP) is 3.13. The van der Waals surface area contributed by atoms with Gasteiger partial charge in [-0.3, -0.25) is 24.0 Å². The predicted molar refractivity (Wildman–Crippen MR) is 157 cm³/mol. The molecule has 3 heterocycles. The maximum atomic E-state index is 14.5. The number of amides is 4. The number of aromatic nitrogens is 1. The van der Waals surface area contributed by atoms with Gasteiger partial charge in [0.2, 0.25) is 17.6 Å². The van der Waals surface area contributed by atoms with Crippen LogP contribution in [0.25, 0.3) is 10.9 Å². The number of halogens is 1. The smallest absolute Gasteiger partial charge is 0.289 e. The van der Waals surface area contributed by atoms with Crippen molar-refractivity contribution in [2.75, 3.05) is 18.9 Å². The Kier molecular flexibility index (Phi) is 7.06. The van der Waals surface area contributed by atoms with Crippen LogP contribution in [0.4, 0.5) is 10.1 Å². The average molecular weight is 588 g/mol. The van der Waals surface area contributed by atoms with Gasteiger partial charge in [-0.25, -0.2) is 4.39 Å². The summed E-state index contributed by atoms with van der Waals surface area (Å²) in [5.41, 5.74) is 0.616. The zero-order chi connectivity index (χ0) is 30.6. The number of carbonyl (C=O) groups excluding carboxylic acids is 5. The van der Waals surface area contributed by atoms with Crippen molar-refractivity contribution in [1.29, 1.82) is 0 Å². The monoisotopic (exact) mass is 587 g/mol. The Bertz CT molecular complexity index is 1660. The Hall–Kier alpha value is -4.54. The number of H-pyrrole nitrogens is 1. The van der Waals surface area contributed by atoms with Crippen LogP contribution in [-0.4, -0.2) is 75.9 Å². The number of nitrogens with zero attached hydrogens (tertiary/aromatic N) is 2. The summed E-state index contributed by atoms with van der Waals surface area (Å²) in [5.74, 6) is -3.45. The maximum Gasteiger partial charge on any atom is 0.289 e. The van der Waals surface area contributed by atoms with E-state index in [0.717, 1.165) is 12.8 Å². The number of hydrogen-bond donors (Lipinski definition) is 3. The molecule has 1 saturated heterocycles. The van der Waals surface area contributed by atoms with Crippen LogP contribution in [0, 0.1) is 11.7 Å². The number of hydrogen-bond acceptors (Lipinski definition) is 5. The maximum absolute atomic E-state index is 14.5. The summed E-state index contributed by atoms with van der Waals surface area (Å²) in [6.07, 6.45) is 1.78. The summed E-state index contributed by atoms with van der Waals surface area (Å²) >= 11 is 0. The molecule has 0 unspecified atom stereocenters. The van der Waals surface area contributed by atoms with Crippen LogP contribution in [0.2, 0.25) is 0 Å². The lowest BCUT2D eigenvalue weighted by Gasteiger charge is -2.34. The van der Waals surface area contributed by atoms with E-state index in [1.165, 1.54) is 35.0 Å². The Labute approximate surface area is 248 Å². The summed E-state index contributed by atoms with van der Waals surface area (Å²) in [4.78, 5) is 73.8. The molecule has 11 heteroatoms.